The van der Waals surface area contributed by atoms with Crippen LogP contribution in [0, 0.1) is 0 Å². The lowest BCUT2D eigenvalue weighted by atomic mass is 9.83. The Bertz CT molecular complexity index is 269. The van der Waals surface area contributed by atoms with Crippen LogP contribution >= 0.6 is 11.6 Å². The van der Waals surface area contributed by atoms with Crippen LogP contribution in [-0.2, 0) is 4.79 Å². The molecule has 0 aliphatic carbocycles. The molecule has 1 unspecified atom stereocenters. The molecule has 0 bridgehead atoms. The van der Waals surface area contributed by atoms with Gasteiger partial charge in [0, 0.05) is 25.7 Å². The molecule has 3 nitrogen and oxygen atoms in total. The van der Waals surface area contributed by atoms with E-state index in [1.165, 1.54) is 0 Å². The molecular formula is C11H19ClN2O. The summed E-state index contributed by atoms with van der Waals surface area (Å²) in [6.45, 7) is 7.48. The van der Waals surface area contributed by atoms with Gasteiger partial charge in [-0.25, -0.2) is 0 Å². The van der Waals surface area contributed by atoms with Crippen LogP contribution < -0.4 is 0 Å². The van der Waals surface area contributed by atoms with Gasteiger partial charge in [-0.3, -0.25) is 9.69 Å². The number of alkyl halides is 1. The van der Waals surface area contributed by atoms with Crippen LogP contribution in [0.3, 0.4) is 0 Å². The van der Waals surface area contributed by atoms with Crippen molar-refractivity contribution in [3.05, 3.63) is 0 Å². The van der Waals surface area contributed by atoms with E-state index in [0.717, 1.165) is 32.5 Å². The Morgan fingerprint density at radius 2 is 2.07 bits per heavy atom. The molecule has 2 aliphatic rings. The lowest BCUT2D eigenvalue weighted by molar-refractivity contribution is -0.143. The molecule has 0 saturated carbocycles. The van der Waals surface area contributed by atoms with Gasteiger partial charge in [-0.2, -0.15) is 0 Å². The molecule has 2 aliphatic heterocycles. The summed E-state index contributed by atoms with van der Waals surface area (Å²) in [6, 6.07) is 0.581. The molecule has 0 aromatic carbocycles. The lowest BCUT2D eigenvalue weighted by Crippen LogP contribution is -2.63. The highest BCUT2D eigenvalue weighted by Gasteiger charge is 2.51. The summed E-state index contributed by atoms with van der Waals surface area (Å²) in [5.74, 6) is 0.234. The number of halogens is 1. The Hall–Kier alpha value is -0.280. The number of amides is 1. The molecule has 15 heavy (non-hydrogen) atoms. The summed E-state index contributed by atoms with van der Waals surface area (Å²) in [7, 11) is 0. The average Bonchev–Trinajstić information content (AvgIpc) is 2.62. The molecule has 0 N–H and O–H groups in total. The van der Waals surface area contributed by atoms with Crippen molar-refractivity contribution >= 4 is 17.5 Å². The number of carbonyl (C=O) groups excluding carboxylic acids is 1. The minimum absolute atomic E-state index is 0.105. The molecule has 86 valence electrons. The number of hydrogen-bond donors (Lipinski definition) is 0. The summed E-state index contributed by atoms with van der Waals surface area (Å²) < 4.78 is 0. The molecule has 1 spiro atoms. The molecule has 2 rings (SSSR count). The van der Waals surface area contributed by atoms with Gasteiger partial charge in [-0.15, -0.1) is 11.6 Å². The fourth-order valence-electron chi connectivity index (χ4n) is 2.75. The van der Waals surface area contributed by atoms with Crippen LogP contribution in [0.4, 0.5) is 0 Å². The molecule has 0 aromatic rings. The Kier molecular flexibility index (Phi) is 2.95. The average molecular weight is 231 g/mol. The SMILES string of the molecule is CC(C)N1CCC2(CCN2C(=O)CCl)C1. The molecule has 2 saturated heterocycles. The second-order valence-electron chi connectivity index (χ2n) is 4.97. The third-order valence-electron chi connectivity index (χ3n) is 3.88. The van der Waals surface area contributed by atoms with Gasteiger partial charge < -0.3 is 4.90 Å². The number of likely N-dealkylation sites (tertiary alicyclic amines) is 2. The van der Waals surface area contributed by atoms with E-state index in [4.69, 9.17) is 11.6 Å². The van der Waals surface area contributed by atoms with Gasteiger partial charge in [0.25, 0.3) is 0 Å². The standard InChI is InChI=1S/C11H19ClN2O/c1-9(2)13-5-3-11(8-13)4-6-14(11)10(15)7-12/h9H,3-8H2,1-2H3. The second-order valence-corrected chi connectivity index (χ2v) is 5.23. The number of rotatable bonds is 2. The maximum atomic E-state index is 11.6. The maximum absolute atomic E-state index is 11.6. The van der Waals surface area contributed by atoms with E-state index in [1.807, 2.05) is 4.90 Å². The van der Waals surface area contributed by atoms with E-state index in [-0.39, 0.29) is 17.3 Å². The molecule has 4 heteroatoms. The van der Waals surface area contributed by atoms with Crippen molar-refractivity contribution < 1.29 is 4.79 Å². The first-order valence-electron chi connectivity index (χ1n) is 5.69. The van der Waals surface area contributed by atoms with Crippen molar-refractivity contribution in [1.29, 1.82) is 0 Å². The van der Waals surface area contributed by atoms with Gasteiger partial charge in [0.05, 0.1) is 5.54 Å². The summed E-state index contributed by atoms with van der Waals surface area (Å²) in [5, 5.41) is 0. The highest BCUT2D eigenvalue weighted by molar-refractivity contribution is 6.27. The summed E-state index contributed by atoms with van der Waals surface area (Å²) in [4.78, 5) is 16.0. The lowest BCUT2D eigenvalue weighted by Gasteiger charge is -2.50. The van der Waals surface area contributed by atoms with Crippen molar-refractivity contribution in [3.63, 3.8) is 0 Å². The van der Waals surface area contributed by atoms with Crippen LogP contribution in [-0.4, -0.2) is 52.8 Å². The first-order valence-corrected chi connectivity index (χ1v) is 6.23. The summed E-state index contributed by atoms with van der Waals surface area (Å²) >= 11 is 5.62. The van der Waals surface area contributed by atoms with Crippen LogP contribution in [0.2, 0.25) is 0 Å². The maximum Gasteiger partial charge on any atom is 0.238 e. The Labute approximate surface area is 96.4 Å². The Morgan fingerprint density at radius 1 is 1.40 bits per heavy atom. The zero-order valence-corrected chi connectivity index (χ0v) is 10.3. The first-order chi connectivity index (χ1) is 7.09. The van der Waals surface area contributed by atoms with Crippen molar-refractivity contribution in [1.82, 2.24) is 9.80 Å². The molecule has 1 amide bonds. The van der Waals surface area contributed by atoms with Crippen molar-refractivity contribution in [3.8, 4) is 0 Å². The van der Waals surface area contributed by atoms with Gasteiger partial charge in [-0.05, 0) is 26.7 Å². The summed E-state index contributed by atoms with van der Waals surface area (Å²) in [5.41, 5.74) is 0.135. The van der Waals surface area contributed by atoms with E-state index >= 15 is 0 Å². The zero-order chi connectivity index (χ0) is 11.1. The van der Waals surface area contributed by atoms with Crippen LogP contribution in [0.15, 0.2) is 0 Å². The van der Waals surface area contributed by atoms with Gasteiger partial charge in [0.2, 0.25) is 5.91 Å². The topological polar surface area (TPSA) is 23.6 Å². The van der Waals surface area contributed by atoms with Crippen LogP contribution in [0.5, 0.6) is 0 Å². The molecule has 2 fully saturated rings. The fourth-order valence-corrected chi connectivity index (χ4v) is 2.90. The van der Waals surface area contributed by atoms with Crippen molar-refractivity contribution in [2.75, 3.05) is 25.5 Å². The summed E-state index contributed by atoms with van der Waals surface area (Å²) in [6.07, 6.45) is 2.27. The minimum Gasteiger partial charge on any atom is -0.334 e. The van der Waals surface area contributed by atoms with E-state index < -0.39 is 0 Å². The third-order valence-corrected chi connectivity index (χ3v) is 4.11. The van der Waals surface area contributed by atoms with E-state index in [9.17, 15) is 4.79 Å². The Morgan fingerprint density at radius 3 is 2.47 bits per heavy atom. The second kappa shape index (κ2) is 3.95. The fraction of sp³-hybridized carbons (Fsp3) is 0.909. The predicted molar refractivity (Wildman–Crippen MR) is 61.1 cm³/mol. The van der Waals surface area contributed by atoms with Gasteiger partial charge in [0.15, 0.2) is 0 Å². The van der Waals surface area contributed by atoms with Gasteiger partial charge >= 0.3 is 0 Å². The van der Waals surface area contributed by atoms with E-state index in [0.29, 0.717) is 6.04 Å². The molecular weight excluding hydrogens is 212 g/mol. The van der Waals surface area contributed by atoms with Crippen LogP contribution in [0.25, 0.3) is 0 Å². The molecule has 0 radical (unpaired) electrons. The highest BCUT2D eigenvalue weighted by atomic mass is 35.5. The molecule has 2 heterocycles. The molecule has 1 atom stereocenters. The largest absolute Gasteiger partial charge is 0.334 e. The van der Waals surface area contributed by atoms with Crippen molar-refractivity contribution in [2.24, 2.45) is 0 Å². The third kappa shape index (κ3) is 1.76. The molecule has 0 aromatic heterocycles. The number of hydrogen-bond acceptors (Lipinski definition) is 2. The minimum atomic E-state index is 0.105. The van der Waals surface area contributed by atoms with E-state index in [2.05, 4.69) is 18.7 Å². The van der Waals surface area contributed by atoms with E-state index in [1.54, 1.807) is 0 Å². The van der Waals surface area contributed by atoms with Crippen LogP contribution in [0.1, 0.15) is 26.7 Å². The number of carbonyl (C=O) groups is 1. The smallest absolute Gasteiger partial charge is 0.238 e. The van der Waals surface area contributed by atoms with Gasteiger partial charge in [-0.1, -0.05) is 0 Å². The normalized spacial score (nSPS) is 31.3. The monoisotopic (exact) mass is 230 g/mol. The number of nitrogens with zero attached hydrogens (tertiary/aromatic N) is 2. The highest BCUT2D eigenvalue weighted by Crippen LogP contribution is 2.39. The zero-order valence-electron chi connectivity index (χ0n) is 9.50. The van der Waals surface area contributed by atoms with Crippen molar-refractivity contribution in [2.45, 2.75) is 38.3 Å². The predicted octanol–water partition coefficient (Wildman–Crippen LogP) is 1.31. The quantitative estimate of drug-likeness (QED) is 0.668. The van der Waals surface area contributed by atoms with Gasteiger partial charge in [0.1, 0.15) is 5.88 Å². The Balaban J connectivity index is 2.01. The first kappa shape index (κ1) is 11.2.